The monoisotopic (exact) mass is 273 g/mol. The zero-order valence-electron chi connectivity index (χ0n) is 10.4. The SMILES string of the molecule is CC(C)N(Cc1cnc(Cl)s1)CC1CCCN1. The van der Waals surface area contributed by atoms with Crippen molar-refractivity contribution in [3.8, 4) is 0 Å². The van der Waals surface area contributed by atoms with E-state index in [4.69, 9.17) is 11.6 Å². The van der Waals surface area contributed by atoms with Crippen LogP contribution in [0.2, 0.25) is 4.47 Å². The second-order valence-electron chi connectivity index (χ2n) is 4.90. The van der Waals surface area contributed by atoms with Crippen LogP contribution < -0.4 is 5.32 Å². The van der Waals surface area contributed by atoms with Crippen LogP contribution in [0.4, 0.5) is 0 Å². The number of halogens is 1. The summed E-state index contributed by atoms with van der Waals surface area (Å²) in [5.74, 6) is 0. The van der Waals surface area contributed by atoms with Gasteiger partial charge < -0.3 is 5.32 Å². The maximum absolute atomic E-state index is 5.87. The van der Waals surface area contributed by atoms with Crippen LogP contribution in [0, 0.1) is 0 Å². The van der Waals surface area contributed by atoms with Crippen LogP contribution in [0.5, 0.6) is 0 Å². The molecular formula is C12H20ClN3S. The quantitative estimate of drug-likeness (QED) is 0.894. The van der Waals surface area contributed by atoms with Crippen molar-refractivity contribution in [3.05, 3.63) is 15.5 Å². The minimum absolute atomic E-state index is 0.554. The van der Waals surface area contributed by atoms with Crippen molar-refractivity contribution in [1.29, 1.82) is 0 Å². The largest absolute Gasteiger partial charge is 0.313 e. The lowest BCUT2D eigenvalue weighted by atomic mass is 10.2. The molecule has 0 aromatic carbocycles. The van der Waals surface area contributed by atoms with Gasteiger partial charge in [0.25, 0.3) is 0 Å². The highest BCUT2D eigenvalue weighted by Gasteiger charge is 2.20. The fraction of sp³-hybridized carbons (Fsp3) is 0.750. The highest BCUT2D eigenvalue weighted by molar-refractivity contribution is 7.15. The highest BCUT2D eigenvalue weighted by atomic mass is 35.5. The Morgan fingerprint density at radius 1 is 1.65 bits per heavy atom. The normalized spacial score (nSPS) is 20.6. The fourth-order valence-corrected chi connectivity index (χ4v) is 3.21. The minimum atomic E-state index is 0.554. The first-order valence-electron chi connectivity index (χ1n) is 6.23. The summed E-state index contributed by atoms with van der Waals surface area (Å²) in [6, 6.07) is 1.21. The van der Waals surface area contributed by atoms with Crippen molar-refractivity contribution in [2.75, 3.05) is 13.1 Å². The van der Waals surface area contributed by atoms with E-state index < -0.39 is 0 Å². The van der Waals surface area contributed by atoms with E-state index in [2.05, 4.69) is 29.0 Å². The van der Waals surface area contributed by atoms with Gasteiger partial charge in [-0.05, 0) is 33.2 Å². The fourth-order valence-electron chi connectivity index (χ4n) is 2.21. The predicted octanol–water partition coefficient (Wildman–Crippen LogP) is 2.76. The maximum Gasteiger partial charge on any atom is 0.183 e. The average molecular weight is 274 g/mol. The van der Waals surface area contributed by atoms with Crippen LogP contribution in [0.25, 0.3) is 0 Å². The molecule has 96 valence electrons. The van der Waals surface area contributed by atoms with Gasteiger partial charge in [-0.15, -0.1) is 11.3 Å². The van der Waals surface area contributed by atoms with Gasteiger partial charge in [-0.3, -0.25) is 4.90 Å². The Morgan fingerprint density at radius 2 is 2.47 bits per heavy atom. The number of aromatic nitrogens is 1. The lowest BCUT2D eigenvalue weighted by Gasteiger charge is -2.28. The third-order valence-electron chi connectivity index (χ3n) is 3.23. The number of thiazole rings is 1. The molecule has 1 fully saturated rings. The average Bonchev–Trinajstić information content (AvgIpc) is 2.89. The molecule has 1 aliphatic rings. The predicted molar refractivity (Wildman–Crippen MR) is 73.7 cm³/mol. The first-order valence-corrected chi connectivity index (χ1v) is 7.42. The number of nitrogens with one attached hydrogen (secondary N) is 1. The molecule has 1 N–H and O–H groups in total. The van der Waals surface area contributed by atoms with E-state index >= 15 is 0 Å². The molecule has 0 aliphatic carbocycles. The van der Waals surface area contributed by atoms with Crippen LogP contribution in [-0.2, 0) is 6.54 Å². The smallest absolute Gasteiger partial charge is 0.183 e. The second-order valence-corrected chi connectivity index (χ2v) is 6.59. The molecule has 1 unspecified atom stereocenters. The molecule has 2 heterocycles. The Bertz CT molecular complexity index is 347. The van der Waals surface area contributed by atoms with Crippen LogP contribution in [0.3, 0.4) is 0 Å². The summed E-state index contributed by atoms with van der Waals surface area (Å²) in [7, 11) is 0. The van der Waals surface area contributed by atoms with Gasteiger partial charge in [-0.25, -0.2) is 4.98 Å². The van der Waals surface area contributed by atoms with Gasteiger partial charge in [-0.2, -0.15) is 0 Å². The van der Waals surface area contributed by atoms with Gasteiger partial charge in [0.2, 0.25) is 0 Å². The molecule has 5 heteroatoms. The van der Waals surface area contributed by atoms with Crippen LogP contribution >= 0.6 is 22.9 Å². The molecule has 0 amide bonds. The van der Waals surface area contributed by atoms with Gasteiger partial charge in [-0.1, -0.05) is 11.6 Å². The summed E-state index contributed by atoms with van der Waals surface area (Å²) in [4.78, 5) is 7.85. The second kappa shape index (κ2) is 6.14. The molecule has 0 saturated carbocycles. The summed E-state index contributed by atoms with van der Waals surface area (Å²) in [6.07, 6.45) is 4.50. The third-order valence-corrected chi connectivity index (χ3v) is 4.33. The number of hydrogen-bond acceptors (Lipinski definition) is 4. The van der Waals surface area contributed by atoms with Crippen molar-refractivity contribution in [1.82, 2.24) is 15.2 Å². The summed E-state index contributed by atoms with van der Waals surface area (Å²) in [5, 5.41) is 3.55. The Morgan fingerprint density at radius 3 is 3.00 bits per heavy atom. The summed E-state index contributed by atoms with van der Waals surface area (Å²) in [5.41, 5.74) is 0. The molecule has 0 spiro atoms. The summed E-state index contributed by atoms with van der Waals surface area (Å²) >= 11 is 7.45. The van der Waals surface area contributed by atoms with Gasteiger partial charge in [0.1, 0.15) is 0 Å². The Kier molecular flexibility index (Phi) is 4.79. The zero-order valence-corrected chi connectivity index (χ0v) is 12.0. The topological polar surface area (TPSA) is 28.2 Å². The van der Waals surface area contributed by atoms with Crippen LogP contribution in [-0.4, -0.2) is 35.1 Å². The Balaban J connectivity index is 1.92. The lowest BCUT2D eigenvalue weighted by molar-refractivity contribution is 0.195. The van der Waals surface area contributed by atoms with E-state index in [1.165, 1.54) is 24.3 Å². The van der Waals surface area contributed by atoms with Gasteiger partial charge in [0, 0.05) is 36.2 Å². The van der Waals surface area contributed by atoms with Crippen LogP contribution in [0.15, 0.2) is 6.20 Å². The zero-order chi connectivity index (χ0) is 12.3. The van der Waals surface area contributed by atoms with E-state index in [1.54, 1.807) is 11.3 Å². The first-order chi connectivity index (χ1) is 8.15. The van der Waals surface area contributed by atoms with Gasteiger partial charge in [0.15, 0.2) is 4.47 Å². The van der Waals surface area contributed by atoms with E-state index in [0.717, 1.165) is 13.1 Å². The third kappa shape index (κ3) is 3.91. The molecule has 3 nitrogen and oxygen atoms in total. The molecule has 1 saturated heterocycles. The van der Waals surface area contributed by atoms with Crippen molar-refractivity contribution in [2.24, 2.45) is 0 Å². The van der Waals surface area contributed by atoms with E-state index in [0.29, 0.717) is 16.6 Å². The number of nitrogens with zero attached hydrogens (tertiary/aromatic N) is 2. The molecule has 17 heavy (non-hydrogen) atoms. The molecule has 0 bridgehead atoms. The maximum atomic E-state index is 5.87. The number of rotatable bonds is 5. The molecule has 1 atom stereocenters. The molecule has 1 aromatic rings. The van der Waals surface area contributed by atoms with Crippen LogP contribution in [0.1, 0.15) is 31.6 Å². The molecule has 2 rings (SSSR count). The highest BCUT2D eigenvalue weighted by Crippen LogP contribution is 2.21. The molecule has 1 aliphatic heterocycles. The Hall–Kier alpha value is -0.160. The van der Waals surface area contributed by atoms with Crippen molar-refractivity contribution in [2.45, 2.75) is 45.3 Å². The standard InChI is InChI=1S/C12H20ClN3S/c1-9(2)16(7-10-4-3-5-14-10)8-11-6-15-12(13)17-11/h6,9-10,14H,3-5,7-8H2,1-2H3. The van der Waals surface area contributed by atoms with Gasteiger partial charge >= 0.3 is 0 Å². The van der Waals surface area contributed by atoms with E-state index in [-0.39, 0.29) is 0 Å². The van der Waals surface area contributed by atoms with E-state index in [1.807, 2.05) is 6.20 Å². The van der Waals surface area contributed by atoms with Crippen molar-refractivity contribution >= 4 is 22.9 Å². The minimum Gasteiger partial charge on any atom is -0.313 e. The summed E-state index contributed by atoms with van der Waals surface area (Å²) in [6.45, 7) is 7.74. The van der Waals surface area contributed by atoms with Gasteiger partial charge in [0.05, 0.1) is 0 Å². The Labute approximate surface area is 112 Å². The van der Waals surface area contributed by atoms with Crippen molar-refractivity contribution < 1.29 is 0 Å². The molecule has 0 radical (unpaired) electrons. The molecule has 1 aromatic heterocycles. The van der Waals surface area contributed by atoms with Crippen molar-refractivity contribution in [3.63, 3.8) is 0 Å². The number of hydrogen-bond donors (Lipinski definition) is 1. The van der Waals surface area contributed by atoms with E-state index in [9.17, 15) is 0 Å². The lowest BCUT2D eigenvalue weighted by Crippen LogP contribution is -2.40. The molecular weight excluding hydrogens is 254 g/mol. The summed E-state index contributed by atoms with van der Waals surface area (Å²) < 4.78 is 0.641. The first kappa shape index (κ1) is 13.3.